The molecule has 2 nitrogen and oxygen atoms in total. The number of unbranched alkanes of at least 4 members (excludes halogenated alkanes) is 9. The van der Waals surface area contributed by atoms with E-state index in [9.17, 15) is 0 Å². The second-order valence-electron chi connectivity index (χ2n) is 10.4. The zero-order chi connectivity index (χ0) is 23.0. The van der Waals surface area contributed by atoms with Crippen LogP contribution in [0.25, 0.3) is 0 Å². The highest BCUT2D eigenvalue weighted by Crippen LogP contribution is 2.38. The number of benzene rings is 1. The summed E-state index contributed by atoms with van der Waals surface area (Å²) < 4.78 is 8.30. The highest BCUT2D eigenvalue weighted by atomic mass is 16.5. The first-order chi connectivity index (χ1) is 16.3. The predicted octanol–water partition coefficient (Wildman–Crippen LogP) is 9.54. The molecule has 1 saturated carbocycles. The van der Waals surface area contributed by atoms with Gasteiger partial charge in [-0.15, -0.1) is 0 Å². The molecule has 3 rings (SSSR count). The quantitative estimate of drug-likeness (QED) is 0.218. The summed E-state index contributed by atoms with van der Waals surface area (Å²) in [7, 11) is 0. The van der Waals surface area contributed by atoms with Crippen molar-refractivity contribution in [3.05, 3.63) is 54.4 Å². The van der Waals surface area contributed by atoms with Gasteiger partial charge >= 0.3 is 0 Å². The van der Waals surface area contributed by atoms with Crippen LogP contribution in [-0.4, -0.2) is 11.2 Å². The minimum Gasteiger partial charge on any atom is -0.494 e. The SMILES string of the molecule is CCCCCC1CCC(c2ccc(OCCCCCCCCCCn3cccc3)cc2)CC1. The number of aromatic nitrogens is 1. The predicted molar refractivity (Wildman–Crippen MR) is 142 cm³/mol. The molecular formula is C31H49NO. The van der Waals surface area contributed by atoms with Gasteiger partial charge in [-0.1, -0.05) is 83.3 Å². The van der Waals surface area contributed by atoms with E-state index in [4.69, 9.17) is 4.74 Å². The van der Waals surface area contributed by atoms with E-state index in [0.29, 0.717) is 0 Å². The van der Waals surface area contributed by atoms with Crippen LogP contribution in [0.1, 0.15) is 121 Å². The monoisotopic (exact) mass is 451 g/mol. The Balaban J connectivity index is 1.16. The van der Waals surface area contributed by atoms with Crippen molar-refractivity contribution in [2.75, 3.05) is 6.61 Å². The van der Waals surface area contributed by atoms with Gasteiger partial charge in [0, 0.05) is 18.9 Å². The number of hydrogen-bond acceptors (Lipinski definition) is 1. The largest absolute Gasteiger partial charge is 0.494 e. The Morgan fingerprint density at radius 1 is 0.727 bits per heavy atom. The van der Waals surface area contributed by atoms with E-state index in [0.717, 1.165) is 24.2 Å². The van der Waals surface area contributed by atoms with Gasteiger partial charge in [0.15, 0.2) is 0 Å². The van der Waals surface area contributed by atoms with E-state index in [2.05, 4.69) is 60.3 Å². The summed E-state index contributed by atoms with van der Waals surface area (Å²) in [4.78, 5) is 0. The lowest BCUT2D eigenvalue weighted by Crippen LogP contribution is -2.13. The molecule has 0 saturated heterocycles. The molecule has 2 heteroatoms. The molecule has 33 heavy (non-hydrogen) atoms. The third-order valence-electron chi connectivity index (χ3n) is 7.66. The fourth-order valence-electron chi connectivity index (χ4n) is 5.47. The number of ether oxygens (including phenoxy) is 1. The van der Waals surface area contributed by atoms with Crippen LogP contribution in [0, 0.1) is 5.92 Å². The van der Waals surface area contributed by atoms with Crippen molar-refractivity contribution in [2.24, 2.45) is 5.92 Å². The molecule has 0 atom stereocenters. The van der Waals surface area contributed by atoms with Crippen LogP contribution in [-0.2, 0) is 6.54 Å². The highest BCUT2D eigenvalue weighted by Gasteiger charge is 2.21. The molecule has 0 spiro atoms. The molecule has 184 valence electrons. The Labute approximate surface area is 204 Å². The van der Waals surface area contributed by atoms with Crippen LogP contribution in [0.4, 0.5) is 0 Å². The number of nitrogens with zero attached hydrogens (tertiary/aromatic N) is 1. The van der Waals surface area contributed by atoms with Crippen LogP contribution in [0.3, 0.4) is 0 Å². The normalized spacial score (nSPS) is 18.5. The van der Waals surface area contributed by atoms with E-state index >= 15 is 0 Å². The summed E-state index contributed by atoms with van der Waals surface area (Å²) in [5.74, 6) is 2.82. The van der Waals surface area contributed by atoms with E-state index in [1.54, 1.807) is 0 Å². The Morgan fingerprint density at radius 3 is 2.03 bits per heavy atom. The smallest absolute Gasteiger partial charge is 0.119 e. The summed E-state index contributed by atoms with van der Waals surface area (Å²) in [6.45, 7) is 4.34. The Hall–Kier alpha value is -1.70. The Kier molecular flexibility index (Phi) is 12.6. The molecule has 1 aromatic heterocycles. The molecule has 0 amide bonds. The minimum atomic E-state index is 0.773. The van der Waals surface area contributed by atoms with Crippen molar-refractivity contribution >= 4 is 0 Å². The molecule has 0 unspecified atom stereocenters. The molecule has 1 aliphatic rings. The molecule has 1 aromatic carbocycles. The van der Waals surface area contributed by atoms with Gasteiger partial charge in [0.05, 0.1) is 6.61 Å². The van der Waals surface area contributed by atoms with Crippen LogP contribution in [0.5, 0.6) is 5.75 Å². The molecule has 0 bridgehead atoms. The number of aryl methyl sites for hydroxylation is 1. The van der Waals surface area contributed by atoms with Gasteiger partial charge in [0.2, 0.25) is 0 Å². The van der Waals surface area contributed by atoms with Gasteiger partial charge in [-0.3, -0.25) is 0 Å². The van der Waals surface area contributed by atoms with Crippen molar-refractivity contribution in [3.8, 4) is 5.75 Å². The molecule has 2 aromatic rings. The van der Waals surface area contributed by atoms with Gasteiger partial charge in [-0.2, -0.15) is 0 Å². The lowest BCUT2D eigenvalue weighted by Gasteiger charge is -2.29. The number of rotatable bonds is 17. The molecule has 0 aliphatic heterocycles. The van der Waals surface area contributed by atoms with Gasteiger partial charge in [-0.25, -0.2) is 0 Å². The summed E-state index contributed by atoms with van der Waals surface area (Å²) in [5.41, 5.74) is 1.53. The zero-order valence-electron chi connectivity index (χ0n) is 21.4. The lowest BCUT2D eigenvalue weighted by atomic mass is 9.77. The molecular weight excluding hydrogens is 402 g/mol. The first-order valence-corrected chi connectivity index (χ1v) is 14.2. The Morgan fingerprint density at radius 2 is 1.36 bits per heavy atom. The van der Waals surface area contributed by atoms with Crippen LogP contribution >= 0.6 is 0 Å². The van der Waals surface area contributed by atoms with Gasteiger partial charge in [0.1, 0.15) is 5.75 Å². The third kappa shape index (κ3) is 10.4. The standard InChI is InChI=1S/C31H49NO/c1-2-3-10-15-28-16-18-29(19-17-28)30-20-22-31(23-21-30)33-27-14-9-7-5-4-6-8-11-24-32-25-12-13-26-32/h12-13,20-23,25-26,28-29H,2-11,14-19,24,27H2,1H3. The van der Waals surface area contributed by atoms with Gasteiger partial charge in [0.25, 0.3) is 0 Å². The zero-order valence-corrected chi connectivity index (χ0v) is 21.4. The van der Waals surface area contributed by atoms with E-state index in [1.165, 1.54) is 115 Å². The van der Waals surface area contributed by atoms with Crippen LogP contribution < -0.4 is 4.74 Å². The first kappa shape index (κ1) is 25.9. The van der Waals surface area contributed by atoms with E-state index in [-0.39, 0.29) is 0 Å². The maximum Gasteiger partial charge on any atom is 0.119 e. The maximum absolute atomic E-state index is 6.01. The fourth-order valence-corrected chi connectivity index (χ4v) is 5.47. The summed E-state index contributed by atoms with van der Waals surface area (Å²) in [6, 6.07) is 13.3. The first-order valence-electron chi connectivity index (χ1n) is 14.2. The molecule has 0 radical (unpaired) electrons. The van der Waals surface area contributed by atoms with E-state index < -0.39 is 0 Å². The van der Waals surface area contributed by atoms with Crippen molar-refractivity contribution in [3.63, 3.8) is 0 Å². The lowest BCUT2D eigenvalue weighted by molar-refractivity contribution is 0.299. The van der Waals surface area contributed by atoms with Crippen molar-refractivity contribution in [1.82, 2.24) is 4.57 Å². The average Bonchev–Trinajstić information content (AvgIpc) is 3.37. The number of hydrogen-bond donors (Lipinski definition) is 0. The second kappa shape index (κ2) is 16.0. The molecule has 1 heterocycles. The molecule has 1 fully saturated rings. The van der Waals surface area contributed by atoms with Gasteiger partial charge in [-0.05, 0) is 80.2 Å². The topological polar surface area (TPSA) is 14.2 Å². The second-order valence-corrected chi connectivity index (χ2v) is 10.4. The highest BCUT2D eigenvalue weighted by molar-refractivity contribution is 5.29. The summed E-state index contributed by atoms with van der Waals surface area (Å²) in [6.07, 6.45) is 26.2. The van der Waals surface area contributed by atoms with E-state index in [1.807, 2.05) is 0 Å². The average molecular weight is 452 g/mol. The van der Waals surface area contributed by atoms with Crippen LogP contribution in [0.15, 0.2) is 48.8 Å². The minimum absolute atomic E-state index is 0.773. The fraction of sp³-hybridized carbons (Fsp3) is 0.677. The van der Waals surface area contributed by atoms with Gasteiger partial charge < -0.3 is 9.30 Å². The maximum atomic E-state index is 6.01. The van der Waals surface area contributed by atoms with Crippen LogP contribution in [0.2, 0.25) is 0 Å². The summed E-state index contributed by atoms with van der Waals surface area (Å²) in [5, 5.41) is 0. The van der Waals surface area contributed by atoms with Crippen molar-refractivity contribution < 1.29 is 4.74 Å². The summed E-state index contributed by atoms with van der Waals surface area (Å²) >= 11 is 0. The third-order valence-corrected chi connectivity index (χ3v) is 7.66. The van der Waals surface area contributed by atoms with Crippen molar-refractivity contribution in [2.45, 2.75) is 122 Å². The molecule has 1 aliphatic carbocycles. The van der Waals surface area contributed by atoms with Crippen molar-refractivity contribution in [1.29, 1.82) is 0 Å². The Bertz CT molecular complexity index is 697. The molecule has 0 N–H and O–H groups in total.